The number of rotatable bonds is 8. The first-order valence-electron chi connectivity index (χ1n) is 13.8. The van der Waals surface area contributed by atoms with Crippen molar-refractivity contribution in [3.63, 3.8) is 0 Å². The second kappa shape index (κ2) is 11.4. The predicted octanol–water partition coefficient (Wildman–Crippen LogP) is 2.98. The summed E-state index contributed by atoms with van der Waals surface area (Å²) in [6.07, 6.45) is 4.52. The molecule has 11 heteroatoms. The maximum Gasteiger partial charge on any atom is 0.271 e. The predicted molar refractivity (Wildman–Crippen MR) is 151 cm³/mol. The second-order valence-electron chi connectivity index (χ2n) is 10.5. The van der Waals surface area contributed by atoms with Crippen molar-refractivity contribution in [2.75, 3.05) is 63.4 Å². The molecule has 1 spiro atoms. The zero-order valence-corrected chi connectivity index (χ0v) is 22.8. The molecular weight excluding hydrogens is 510 g/mol. The fourth-order valence-corrected chi connectivity index (χ4v) is 5.76. The summed E-state index contributed by atoms with van der Waals surface area (Å²) < 4.78 is 16.7. The third-order valence-corrected chi connectivity index (χ3v) is 8.10. The molecule has 0 atom stereocenters. The van der Waals surface area contributed by atoms with Crippen LogP contribution in [-0.2, 0) is 16.0 Å². The number of carbonyl (C=O) groups excluding carboxylic acids is 1. The first-order valence-corrected chi connectivity index (χ1v) is 13.8. The summed E-state index contributed by atoms with van der Waals surface area (Å²) in [7, 11) is 1.59. The lowest BCUT2D eigenvalue weighted by Gasteiger charge is -2.55. The minimum Gasteiger partial charge on any atom is -0.494 e. The average molecular weight is 546 g/mol. The smallest absolute Gasteiger partial charge is 0.271 e. The number of anilines is 3. The molecular formula is C29H35N7O4. The summed E-state index contributed by atoms with van der Waals surface area (Å²) in [5.74, 6) is 0.843. The Morgan fingerprint density at radius 1 is 1.00 bits per heavy atom. The molecule has 3 fully saturated rings. The SMILES string of the molecule is COc1cccnc1-c1nc(C(N)=O)c(Nc2ccc(CN3CCOCC3)cc2)nc1N1CCC12CCOCC2. The van der Waals surface area contributed by atoms with Crippen LogP contribution in [0.25, 0.3) is 11.4 Å². The van der Waals surface area contributed by atoms with E-state index in [2.05, 4.69) is 32.2 Å². The van der Waals surface area contributed by atoms with E-state index in [1.807, 2.05) is 18.2 Å². The van der Waals surface area contributed by atoms with Gasteiger partial charge < -0.3 is 30.2 Å². The van der Waals surface area contributed by atoms with E-state index in [4.69, 9.17) is 29.9 Å². The van der Waals surface area contributed by atoms with Crippen molar-refractivity contribution in [3.8, 4) is 17.1 Å². The molecule has 5 heterocycles. The van der Waals surface area contributed by atoms with Gasteiger partial charge >= 0.3 is 0 Å². The fourth-order valence-electron chi connectivity index (χ4n) is 5.76. The first kappa shape index (κ1) is 26.4. The Labute approximate surface area is 233 Å². The Bertz CT molecular complexity index is 1350. The molecule has 3 saturated heterocycles. The number of nitrogens with two attached hydrogens (primary N) is 1. The monoisotopic (exact) mass is 545 g/mol. The van der Waals surface area contributed by atoms with Crippen molar-refractivity contribution in [1.82, 2.24) is 19.9 Å². The molecule has 3 N–H and O–H groups in total. The van der Waals surface area contributed by atoms with E-state index in [9.17, 15) is 4.79 Å². The summed E-state index contributed by atoms with van der Waals surface area (Å²) in [6, 6.07) is 11.8. The highest BCUT2D eigenvalue weighted by atomic mass is 16.5. The van der Waals surface area contributed by atoms with Crippen molar-refractivity contribution in [3.05, 3.63) is 53.9 Å². The van der Waals surface area contributed by atoms with Gasteiger partial charge in [-0.1, -0.05) is 12.1 Å². The summed E-state index contributed by atoms with van der Waals surface area (Å²) in [5.41, 5.74) is 8.82. The normalized spacial score (nSPS) is 18.8. The Balaban J connectivity index is 1.37. The average Bonchev–Trinajstić information content (AvgIpc) is 2.98. The number of carbonyl (C=O) groups is 1. The Kier molecular flexibility index (Phi) is 7.50. The molecule has 0 unspecified atom stereocenters. The van der Waals surface area contributed by atoms with Gasteiger partial charge in [-0.05, 0) is 49.1 Å². The molecule has 2 aromatic heterocycles. The van der Waals surface area contributed by atoms with Crippen LogP contribution >= 0.6 is 0 Å². The van der Waals surface area contributed by atoms with E-state index in [0.29, 0.717) is 42.0 Å². The molecule has 0 bridgehead atoms. The standard InChI is InChI=1S/C29H35N7O4/c1-38-22-3-2-11-31-23(22)24-28(36-12-8-29(36)9-15-39-16-10-29)34-27(25(33-24)26(30)37)32-21-6-4-20(5-7-21)19-35-13-17-40-18-14-35/h2-7,11H,8-10,12-19H2,1H3,(H2,30,37)(H,32,34). The van der Waals surface area contributed by atoms with Crippen molar-refractivity contribution < 1.29 is 19.0 Å². The van der Waals surface area contributed by atoms with Crippen LogP contribution in [0.3, 0.4) is 0 Å². The molecule has 11 nitrogen and oxygen atoms in total. The number of aromatic nitrogens is 3. The largest absolute Gasteiger partial charge is 0.494 e. The highest BCUT2D eigenvalue weighted by molar-refractivity contribution is 5.98. The van der Waals surface area contributed by atoms with Gasteiger partial charge in [-0.2, -0.15) is 0 Å². The molecule has 0 saturated carbocycles. The molecule has 0 radical (unpaired) electrons. The lowest BCUT2D eigenvalue weighted by atomic mass is 9.78. The van der Waals surface area contributed by atoms with Crippen LogP contribution in [0.15, 0.2) is 42.6 Å². The molecule has 6 rings (SSSR count). The van der Waals surface area contributed by atoms with Crippen molar-refractivity contribution in [2.45, 2.75) is 31.3 Å². The number of hydrogen-bond acceptors (Lipinski definition) is 10. The minimum atomic E-state index is -0.675. The van der Waals surface area contributed by atoms with Crippen LogP contribution < -0.4 is 20.7 Å². The van der Waals surface area contributed by atoms with E-state index in [-0.39, 0.29) is 11.2 Å². The number of primary amides is 1. The van der Waals surface area contributed by atoms with E-state index >= 15 is 0 Å². The number of nitrogens with one attached hydrogen (secondary N) is 1. The summed E-state index contributed by atoms with van der Waals surface area (Å²) >= 11 is 0. The van der Waals surface area contributed by atoms with Gasteiger partial charge in [0.25, 0.3) is 5.91 Å². The zero-order valence-electron chi connectivity index (χ0n) is 22.8. The minimum absolute atomic E-state index is 0.0467. The molecule has 3 aliphatic heterocycles. The maximum atomic E-state index is 12.7. The van der Waals surface area contributed by atoms with Crippen LogP contribution in [0.2, 0.25) is 0 Å². The Morgan fingerprint density at radius 3 is 2.42 bits per heavy atom. The number of nitrogens with zero attached hydrogens (tertiary/aromatic N) is 5. The molecule has 3 aliphatic rings. The second-order valence-corrected chi connectivity index (χ2v) is 10.5. The van der Waals surface area contributed by atoms with Crippen LogP contribution in [0, 0.1) is 0 Å². The Morgan fingerprint density at radius 2 is 1.75 bits per heavy atom. The van der Waals surface area contributed by atoms with Crippen molar-refractivity contribution in [2.24, 2.45) is 5.73 Å². The Hall–Kier alpha value is -3.80. The van der Waals surface area contributed by atoms with Gasteiger partial charge in [-0.15, -0.1) is 0 Å². The lowest BCUT2D eigenvalue weighted by molar-refractivity contribution is 0.0285. The van der Waals surface area contributed by atoms with Crippen molar-refractivity contribution in [1.29, 1.82) is 0 Å². The number of ether oxygens (including phenoxy) is 3. The molecule has 0 aliphatic carbocycles. The quantitative estimate of drug-likeness (QED) is 0.436. The van der Waals surface area contributed by atoms with E-state index in [1.165, 1.54) is 5.56 Å². The number of methoxy groups -OCH3 is 1. The first-order chi connectivity index (χ1) is 19.6. The van der Waals surface area contributed by atoms with Gasteiger partial charge in [0.2, 0.25) is 0 Å². The topological polar surface area (TPSA) is 128 Å². The van der Waals surface area contributed by atoms with Gasteiger partial charge in [0.1, 0.15) is 17.1 Å². The van der Waals surface area contributed by atoms with Crippen molar-refractivity contribution >= 4 is 23.2 Å². The van der Waals surface area contributed by atoms with E-state index in [1.54, 1.807) is 19.4 Å². The number of hydrogen-bond donors (Lipinski definition) is 2. The number of amides is 1. The van der Waals surface area contributed by atoms with E-state index in [0.717, 1.165) is 64.3 Å². The third kappa shape index (κ3) is 5.19. The number of benzene rings is 1. The lowest BCUT2D eigenvalue weighted by Crippen LogP contribution is -2.63. The number of morpholine rings is 1. The maximum absolute atomic E-state index is 12.7. The van der Waals surface area contributed by atoms with Gasteiger partial charge in [0, 0.05) is 56.8 Å². The third-order valence-electron chi connectivity index (χ3n) is 8.10. The molecule has 40 heavy (non-hydrogen) atoms. The molecule has 210 valence electrons. The van der Waals surface area contributed by atoms with Gasteiger partial charge in [-0.25, -0.2) is 9.97 Å². The molecule has 3 aromatic rings. The van der Waals surface area contributed by atoms with Crippen LogP contribution in [0.5, 0.6) is 5.75 Å². The van der Waals surface area contributed by atoms with E-state index < -0.39 is 5.91 Å². The zero-order chi connectivity index (χ0) is 27.5. The van der Waals surface area contributed by atoms with Gasteiger partial charge in [-0.3, -0.25) is 14.7 Å². The molecule has 1 amide bonds. The van der Waals surface area contributed by atoms with Gasteiger partial charge in [0.05, 0.1) is 20.3 Å². The number of pyridine rings is 1. The van der Waals surface area contributed by atoms with Crippen LogP contribution in [-0.4, -0.2) is 84.5 Å². The van der Waals surface area contributed by atoms with Crippen LogP contribution in [0.1, 0.15) is 35.3 Å². The van der Waals surface area contributed by atoms with Gasteiger partial charge in [0.15, 0.2) is 17.3 Å². The molecule has 1 aromatic carbocycles. The van der Waals surface area contributed by atoms with Crippen LogP contribution in [0.4, 0.5) is 17.3 Å². The summed E-state index contributed by atoms with van der Waals surface area (Å²) in [5, 5.41) is 3.32. The fraction of sp³-hybridized carbons (Fsp3) is 0.448. The summed E-state index contributed by atoms with van der Waals surface area (Å²) in [6.45, 7) is 6.48. The highest BCUT2D eigenvalue weighted by Crippen LogP contribution is 2.46. The highest BCUT2D eigenvalue weighted by Gasteiger charge is 2.47. The summed E-state index contributed by atoms with van der Waals surface area (Å²) in [4.78, 5) is 31.7.